The quantitative estimate of drug-likeness (QED) is 0.178. The summed E-state index contributed by atoms with van der Waals surface area (Å²) in [4.78, 5) is 2.55. The molecule has 0 radical (unpaired) electrons. The van der Waals surface area contributed by atoms with Gasteiger partial charge in [0, 0.05) is 28.4 Å². The summed E-state index contributed by atoms with van der Waals surface area (Å²) in [6.07, 6.45) is 5.79. The molecule has 7 aromatic rings. The number of nitrogens with zero attached hydrogens (tertiary/aromatic N) is 1. The minimum absolute atomic E-state index is 0.0485. The van der Waals surface area contributed by atoms with Crippen LogP contribution in [0.4, 0.5) is 11.4 Å². The molecule has 1 spiro atoms. The third kappa shape index (κ3) is 4.16. The van der Waals surface area contributed by atoms with Crippen molar-refractivity contribution in [2.24, 2.45) is 0 Å². The predicted octanol–water partition coefficient (Wildman–Crippen LogP) is 13.5. The highest BCUT2D eigenvalue weighted by molar-refractivity contribution is 5.96. The zero-order chi connectivity index (χ0) is 36.2. The van der Waals surface area contributed by atoms with Crippen LogP contribution in [-0.2, 0) is 10.8 Å². The molecule has 11 rings (SSSR count). The van der Waals surface area contributed by atoms with Crippen LogP contribution in [0.3, 0.4) is 0 Å². The van der Waals surface area contributed by atoms with E-state index in [0.717, 1.165) is 6.42 Å². The number of benzene rings is 7. The lowest BCUT2D eigenvalue weighted by Crippen LogP contribution is -2.26. The highest BCUT2D eigenvalue weighted by Gasteiger charge is 2.51. The molecule has 0 heterocycles. The summed E-state index contributed by atoms with van der Waals surface area (Å²) >= 11 is 0. The molecule has 258 valence electrons. The standard InChI is InChI=1S/C53H41N/c1-34-31-36(35-15-5-4-6-16-35)25-30-51(34)54(37-27-29-46-44(32-37)42-20-7-11-21-45(42)52(46,2)3)38-26-28-43-41-19-10-14-24-49(41)53(50(43)33-38)47-22-12-8-17-39(47)40-18-9-13-23-48(40)53/h4-30,32-33,36H,31H2,1-3H3. The average molecular weight is 692 g/mol. The Balaban J connectivity index is 1.15. The number of hydrogen-bond donors (Lipinski definition) is 0. The van der Waals surface area contributed by atoms with Gasteiger partial charge in [0.15, 0.2) is 0 Å². The Labute approximate surface area is 318 Å². The van der Waals surface area contributed by atoms with Gasteiger partial charge in [-0.2, -0.15) is 0 Å². The zero-order valence-electron chi connectivity index (χ0n) is 31.0. The van der Waals surface area contributed by atoms with Gasteiger partial charge in [-0.25, -0.2) is 0 Å². The van der Waals surface area contributed by atoms with Gasteiger partial charge in [-0.15, -0.1) is 0 Å². The van der Waals surface area contributed by atoms with Gasteiger partial charge < -0.3 is 4.90 Å². The third-order valence-electron chi connectivity index (χ3n) is 13.0. The molecular formula is C53H41N. The fourth-order valence-electron chi connectivity index (χ4n) is 10.5. The molecule has 1 unspecified atom stereocenters. The lowest BCUT2D eigenvalue weighted by atomic mass is 9.70. The van der Waals surface area contributed by atoms with E-state index in [1.54, 1.807) is 0 Å². The number of allylic oxidation sites excluding steroid dienone is 3. The first-order chi connectivity index (χ1) is 26.5. The Hall–Kier alpha value is -6.18. The number of hydrogen-bond acceptors (Lipinski definition) is 1. The summed E-state index contributed by atoms with van der Waals surface area (Å²) in [5.74, 6) is 0.355. The highest BCUT2D eigenvalue weighted by atomic mass is 15.1. The van der Waals surface area contributed by atoms with E-state index in [0.29, 0.717) is 5.92 Å². The average Bonchev–Trinajstić information content (AvgIpc) is 3.77. The Bertz CT molecular complexity index is 2680. The van der Waals surface area contributed by atoms with Crippen molar-refractivity contribution >= 4 is 11.4 Å². The lowest BCUT2D eigenvalue weighted by Gasteiger charge is -2.34. The van der Waals surface area contributed by atoms with Crippen molar-refractivity contribution in [3.05, 3.63) is 226 Å². The second kappa shape index (κ2) is 11.4. The van der Waals surface area contributed by atoms with E-state index >= 15 is 0 Å². The molecule has 0 N–H and O–H groups in total. The fraction of sp³-hybridized carbons (Fsp3) is 0.132. The van der Waals surface area contributed by atoms with Gasteiger partial charge in [0.2, 0.25) is 0 Å². The van der Waals surface area contributed by atoms with Crippen LogP contribution in [-0.4, -0.2) is 0 Å². The monoisotopic (exact) mass is 691 g/mol. The highest BCUT2D eigenvalue weighted by Crippen LogP contribution is 2.63. The van der Waals surface area contributed by atoms with E-state index in [9.17, 15) is 0 Å². The summed E-state index contributed by atoms with van der Waals surface area (Å²) in [5, 5.41) is 0. The van der Waals surface area contributed by atoms with Crippen molar-refractivity contribution < 1.29 is 0 Å². The molecule has 1 atom stereocenters. The van der Waals surface area contributed by atoms with E-state index in [-0.39, 0.29) is 5.41 Å². The molecule has 7 aromatic carbocycles. The van der Waals surface area contributed by atoms with Crippen molar-refractivity contribution in [3.8, 4) is 33.4 Å². The fourth-order valence-corrected chi connectivity index (χ4v) is 10.5. The molecule has 0 bridgehead atoms. The summed E-state index contributed by atoms with van der Waals surface area (Å²) in [6, 6.07) is 61.7. The van der Waals surface area contributed by atoms with Gasteiger partial charge in [0.1, 0.15) is 0 Å². The van der Waals surface area contributed by atoms with Gasteiger partial charge in [0.05, 0.1) is 5.41 Å². The molecule has 0 saturated heterocycles. The minimum Gasteiger partial charge on any atom is -0.311 e. The number of anilines is 2. The summed E-state index contributed by atoms with van der Waals surface area (Å²) in [7, 11) is 0. The van der Waals surface area contributed by atoms with Gasteiger partial charge in [-0.3, -0.25) is 0 Å². The topological polar surface area (TPSA) is 3.24 Å². The second-order valence-corrected chi connectivity index (χ2v) is 16.1. The molecule has 54 heavy (non-hydrogen) atoms. The molecule has 4 aliphatic carbocycles. The Morgan fingerprint density at radius 3 is 1.56 bits per heavy atom. The van der Waals surface area contributed by atoms with Gasteiger partial charge in [-0.1, -0.05) is 159 Å². The van der Waals surface area contributed by atoms with Crippen LogP contribution in [0.5, 0.6) is 0 Å². The van der Waals surface area contributed by atoms with Crippen LogP contribution < -0.4 is 4.90 Å². The van der Waals surface area contributed by atoms with E-state index in [4.69, 9.17) is 0 Å². The van der Waals surface area contributed by atoms with Crippen molar-refractivity contribution in [1.29, 1.82) is 0 Å². The van der Waals surface area contributed by atoms with E-state index in [2.05, 4.69) is 202 Å². The molecular weight excluding hydrogens is 651 g/mol. The molecule has 0 fully saturated rings. The van der Waals surface area contributed by atoms with Crippen LogP contribution in [0, 0.1) is 0 Å². The van der Waals surface area contributed by atoms with E-state index in [1.807, 2.05) is 0 Å². The third-order valence-corrected chi connectivity index (χ3v) is 13.0. The molecule has 0 saturated carbocycles. The van der Waals surface area contributed by atoms with Crippen LogP contribution >= 0.6 is 0 Å². The Kier molecular flexibility index (Phi) is 6.62. The second-order valence-electron chi connectivity index (χ2n) is 16.1. The first kappa shape index (κ1) is 31.4. The maximum atomic E-state index is 2.55. The largest absolute Gasteiger partial charge is 0.311 e. The predicted molar refractivity (Wildman–Crippen MR) is 225 cm³/mol. The lowest BCUT2D eigenvalue weighted by molar-refractivity contribution is 0.660. The number of fused-ring (bicyclic) bond motifs is 13. The molecule has 0 amide bonds. The SMILES string of the molecule is CC1=C(N(c2ccc3c(c2)-c2ccccc2C3(C)C)c2ccc3c(c2)C2(c4ccccc4-c4ccccc42)c2ccccc2-3)C=CC(c2ccccc2)C1. The molecule has 1 heteroatoms. The smallest absolute Gasteiger partial charge is 0.0726 e. The summed E-state index contributed by atoms with van der Waals surface area (Å²) in [5.41, 5.74) is 22.2. The first-order valence-electron chi connectivity index (χ1n) is 19.4. The van der Waals surface area contributed by atoms with Crippen LogP contribution in [0.2, 0.25) is 0 Å². The summed E-state index contributed by atoms with van der Waals surface area (Å²) < 4.78 is 0. The maximum absolute atomic E-state index is 2.55. The Morgan fingerprint density at radius 1 is 0.463 bits per heavy atom. The van der Waals surface area contributed by atoms with E-state index in [1.165, 1.54) is 95.0 Å². The molecule has 0 aromatic heterocycles. The van der Waals surface area contributed by atoms with Crippen molar-refractivity contribution in [3.63, 3.8) is 0 Å². The maximum Gasteiger partial charge on any atom is 0.0726 e. The minimum atomic E-state index is -0.397. The van der Waals surface area contributed by atoms with Crippen molar-refractivity contribution in [2.45, 2.75) is 43.9 Å². The number of rotatable bonds is 4. The molecule has 4 aliphatic rings. The van der Waals surface area contributed by atoms with Crippen molar-refractivity contribution in [1.82, 2.24) is 0 Å². The molecule has 0 aliphatic heterocycles. The van der Waals surface area contributed by atoms with E-state index < -0.39 is 5.41 Å². The van der Waals surface area contributed by atoms with Crippen LogP contribution in [0.25, 0.3) is 33.4 Å². The first-order valence-corrected chi connectivity index (χ1v) is 19.4. The van der Waals surface area contributed by atoms with Gasteiger partial charge in [-0.05, 0) is 122 Å². The van der Waals surface area contributed by atoms with Gasteiger partial charge >= 0.3 is 0 Å². The van der Waals surface area contributed by atoms with Crippen LogP contribution in [0.1, 0.15) is 72.1 Å². The van der Waals surface area contributed by atoms with Gasteiger partial charge in [0.25, 0.3) is 0 Å². The Morgan fingerprint density at radius 2 is 0.944 bits per heavy atom. The van der Waals surface area contributed by atoms with Crippen molar-refractivity contribution in [2.75, 3.05) is 4.90 Å². The summed E-state index contributed by atoms with van der Waals surface area (Å²) in [6.45, 7) is 7.07. The zero-order valence-corrected chi connectivity index (χ0v) is 31.0. The molecule has 1 nitrogen and oxygen atoms in total. The van der Waals surface area contributed by atoms with Crippen LogP contribution in [0.15, 0.2) is 187 Å². The normalized spacial score (nSPS) is 17.4.